The summed E-state index contributed by atoms with van der Waals surface area (Å²) >= 11 is 0. The highest BCUT2D eigenvalue weighted by Gasteiger charge is 2.27. The topological polar surface area (TPSA) is 63.9 Å². The average molecular weight is 285 g/mol. The molecule has 0 saturated heterocycles. The predicted octanol–water partition coefficient (Wildman–Crippen LogP) is 2.42. The lowest BCUT2D eigenvalue weighted by atomic mass is 9.87. The number of benzene rings is 2. The summed E-state index contributed by atoms with van der Waals surface area (Å²) in [5.41, 5.74) is 2.75. The summed E-state index contributed by atoms with van der Waals surface area (Å²) in [5.74, 6) is -0.825. The summed E-state index contributed by atoms with van der Waals surface area (Å²) in [5, 5.41) is 29.8. The largest absolute Gasteiger partial charge is 0.504 e. The lowest BCUT2D eigenvalue weighted by molar-refractivity contribution is 0.337. The van der Waals surface area contributed by atoms with Crippen LogP contribution in [0.4, 0.5) is 0 Å². The molecule has 4 nitrogen and oxygen atoms in total. The van der Waals surface area contributed by atoms with Gasteiger partial charge < -0.3 is 20.2 Å². The zero-order valence-electron chi connectivity index (χ0n) is 12.0. The quantitative estimate of drug-likeness (QED) is 0.704. The van der Waals surface area contributed by atoms with Crippen molar-refractivity contribution in [3.63, 3.8) is 0 Å². The van der Waals surface area contributed by atoms with Gasteiger partial charge in [-0.25, -0.2) is 0 Å². The molecule has 0 spiro atoms. The number of aromatic hydroxyl groups is 3. The van der Waals surface area contributed by atoms with E-state index in [1.807, 2.05) is 25.2 Å². The van der Waals surface area contributed by atoms with E-state index in [2.05, 4.69) is 17.0 Å². The molecule has 1 atom stereocenters. The minimum atomic E-state index is -0.426. The number of likely N-dealkylation sites (N-methyl/N-ethyl adjacent to an activating group) is 1. The number of rotatable bonds is 1. The molecule has 2 aromatic rings. The fourth-order valence-electron chi connectivity index (χ4n) is 3.05. The van der Waals surface area contributed by atoms with Gasteiger partial charge in [-0.2, -0.15) is 0 Å². The van der Waals surface area contributed by atoms with Crippen molar-refractivity contribution in [2.45, 2.75) is 12.3 Å². The van der Waals surface area contributed by atoms with E-state index in [1.165, 1.54) is 0 Å². The molecule has 110 valence electrons. The standard InChI is InChI=1S/C17H19NO3/c1-18-8-7-12-13(9-15(19)17(21)16(12)20)14(10-18)11-5-3-2-4-6-11/h2-6,9,14,19-21H,7-8,10H2,1H3/t14-/m0/s1. The van der Waals surface area contributed by atoms with Gasteiger partial charge in [-0.3, -0.25) is 0 Å². The van der Waals surface area contributed by atoms with E-state index in [-0.39, 0.29) is 17.4 Å². The number of nitrogens with zero attached hydrogens (tertiary/aromatic N) is 1. The van der Waals surface area contributed by atoms with Crippen molar-refractivity contribution >= 4 is 0 Å². The highest BCUT2D eigenvalue weighted by atomic mass is 16.3. The van der Waals surface area contributed by atoms with Crippen molar-refractivity contribution in [2.75, 3.05) is 20.1 Å². The molecule has 3 rings (SSSR count). The third kappa shape index (κ3) is 2.43. The van der Waals surface area contributed by atoms with Gasteiger partial charge in [0.05, 0.1) is 0 Å². The molecule has 2 aromatic carbocycles. The van der Waals surface area contributed by atoms with Crippen LogP contribution in [0.5, 0.6) is 17.2 Å². The van der Waals surface area contributed by atoms with E-state index >= 15 is 0 Å². The van der Waals surface area contributed by atoms with Crippen LogP contribution in [0.3, 0.4) is 0 Å². The number of phenolic OH excluding ortho intramolecular Hbond substituents is 3. The maximum absolute atomic E-state index is 10.2. The number of hydrogen-bond donors (Lipinski definition) is 3. The fraction of sp³-hybridized carbons (Fsp3) is 0.294. The Morgan fingerprint density at radius 2 is 1.76 bits per heavy atom. The Morgan fingerprint density at radius 1 is 1.05 bits per heavy atom. The second-order valence-electron chi connectivity index (χ2n) is 5.64. The second-order valence-corrected chi connectivity index (χ2v) is 5.64. The van der Waals surface area contributed by atoms with Gasteiger partial charge in [0, 0.05) is 24.6 Å². The van der Waals surface area contributed by atoms with Crippen LogP contribution < -0.4 is 0 Å². The fourth-order valence-corrected chi connectivity index (χ4v) is 3.05. The van der Waals surface area contributed by atoms with Gasteiger partial charge in [-0.15, -0.1) is 0 Å². The van der Waals surface area contributed by atoms with Gasteiger partial charge >= 0.3 is 0 Å². The third-order valence-corrected chi connectivity index (χ3v) is 4.21. The third-order valence-electron chi connectivity index (χ3n) is 4.21. The van der Waals surface area contributed by atoms with E-state index < -0.39 is 5.75 Å². The normalized spacial score (nSPS) is 19.0. The monoisotopic (exact) mass is 285 g/mol. The molecule has 0 radical (unpaired) electrons. The molecular weight excluding hydrogens is 266 g/mol. The molecule has 3 N–H and O–H groups in total. The maximum atomic E-state index is 10.2. The molecule has 0 unspecified atom stereocenters. The van der Waals surface area contributed by atoms with Crippen molar-refractivity contribution in [3.05, 3.63) is 53.1 Å². The van der Waals surface area contributed by atoms with Crippen LogP contribution in [0.2, 0.25) is 0 Å². The van der Waals surface area contributed by atoms with Crippen molar-refractivity contribution < 1.29 is 15.3 Å². The smallest absolute Gasteiger partial charge is 0.200 e. The van der Waals surface area contributed by atoms with Gasteiger partial charge in [0.15, 0.2) is 11.5 Å². The van der Waals surface area contributed by atoms with Crippen molar-refractivity contribution in [3.8, 4) is 17.2 Å². The van der Waals surface area contributed by atoms with Crippen molar-refractivity contribution in [1.82, 2.24) is 4.90 Å². The summed E-state index contributed by atoms with van der Waals surface area (Å²) in [6.07, 6.45) is 0.648. The summed E-state index contributed by atoms with van der Waals surface area (Å²) in [6, 6.07) is 11.6. The maximum Gasteiger partial charge on any atom is 0.200 e. The van der Waals surface area contributed by atoms with Gasteiger partial charge in [-0.1, -0.05) is 30.3 Å². The summed E-state index contributed by atoms with van der Waals surface area (Å²) in [4.78, 5) is 2.20. The van der Waals surface area contributed by atoms with Gasteiger partial charge in [0.1, 0.15) is 0 Å². The predicted molar refractivity (Wildman–Crippen MR) is 80.9 cm³/mol. The van der Waals surface area contributed by atoms with E-state index in [4.69, 9.17) is 0 Å². The highest BCUT2D eigenvalue weighted by Crippen LogP contribution is 2.44. The zero-order valence-corrected chi connectivity index (χ0v) is 12.0. The minimum Gasteiger partial charge on any atom is -0.504 e. The van der Waals surface area contributed by atoms with Crippen LogP contribution in [0.1, 0.15) is 22.6 Å². The lowest BCUT2D eigenvalue weighted by Gasteiger charge is -2.22. The Morgan fingerprint density at radius 3 is 2.48 bits per heavy atom. The van der Waals surface area contributed by atoms with Crippen LogP contribution in [-0.2, 0) is 6.42 Å². The minimum absolute atomic E-state index is 0.0612. The second kappa shape index (κ2) is 5.30. The van der Waals surface area contributed by atoms with Gasteiger partial charge in [0.25, 0.3) is 0 Å². The average Bonchev–Trinajstić information content (AvgIpc) is 2.65. The molecule has 21 heavy (non-hydrogen) atoms. The molecule has 0 aliphatic carbocycles. The van der Waals surface area contributed by atoms with Crippen LogP contribution in [0.25, 0.3) is 0 Å². The number of phenols is 3. The molecule has 4 heteroatoms. The Balaban J connectivity index is 2.18. The van der Waals surface area contributed by atoms with E-state index in [1.54, 1.807) is 6.07 Å². The van der Waals surface area contributed by atoms with Crippen molar-refractivity contribution in [1.29, 1.82) is 0 Å². The Bertz CT molecular complexity index is 655. The van der Waals surface area contributed by atoms with Crippen LogP contribution in [-0.4, -0.2) is 40.4 Å². The van der Waals surface area contributed by atoms with Crippen LogP contribution in [0.15, 0.2) is 36.4 Å². The first-order chi connectivity index (χ1) is 10.1. The Labute approximate surface area is 123 Å². The summed E-state index contributed by atoms with van der Waals surface area (Å²) in [7, 11) is 2.04. The van der Waals surface area contributed by atoms with E-state index in [0.717, 1.165) is 29.8 Å². The molecule has 0 fully saturated rings. The zero-order chi connectivity index (χ0) is 15.0. The van der Waals surface area contributed by atoms with Gasteiger partial charge in [-0.05, 0) is 30.7 Å². The molecule has 0 saturated carbocycles. The number of fused-ring (bicyclic) bond motifs is 1. The van der Waals surface area contributed by atoms with Gasteiger partial charge in [0.2, 0.25) is 5.75 Å². The molecule has 1 heterocycles. The molecule has 1 aliphatic heterocycles. The summed E-state index contributed by atoms with van der Waals surface area (Å²) < 4.78 is 0. The lowest BCUT2D eigenvalue weighted by Crippen LogP contribution is -2.24. The molecule has 0 aromatic heterocycles. The number of hydrogen-bond acceptors (Lipinski definition) is 4. The first kappa shape index (κ1) is 13.8. The molecule has 0 amide bonds. The highest BCUT2D eigenvalue weighted by molar-refractivity contribution is 5.59. The molecular formula is C17H19NO3. The SMILES string of the molecule is CN1CCc2c(cc(O)c(O)c2O)[C@H](c2ccccc2)C1. The first-order valence-electron chi connectivity index (χ1n) is 7.08. The summed E-state index contributed by atoms with van der Waals surface area (Å²) in [6.45, 7) is 1.61. The van der Waals surface area contributed by atoms with E-state index in [9.17, 15) is 15.3 Å². The van der Waals surface area contributed by atoms with E-state index in [0.29, 0.717) is 6.42 Å². The van der Waals surface area contributed by atoms with Crippen LogP contribution >= 0.6 is 0 Å². The molecule has 0 bridgehead atoms. The molecule has 1 aliphatic rings. The Kier molecular flexibility index (Phi) is 3.47. The van der Waals surface area contributed by atoms with Crippen LogP contribution in [0, 0.1) is 0 Å². The Hall–Kier alpha value is -2.20. The van der Waals surface area contributed by atoms with Crippen molar-refractivity contribution in [2.24, 2.45) is 0 Å². The first-order valence-corrected chi connectivity index (χ1v) is 7.08.